The second kappa shape index (κ2) is 9.08. The highest BCUT2D eigenvalue weighted by molar-refractivity contribution is 6.36. The molecule has 0 saturated heterocycles. The van der Waals surface area contributed by atoms with Crippen molar-refractivity contribution < 1.29 is 9.47 Å². The van der Waals surface area contributed by atoms with E-state index in [1.165, 1.54) is 5.54 Å². The molecule has 1 rings (SSSR count). The van der Waals surface area contributed by atoms with Crippen LogP contribution < -0.4 is 14.8 Å². The summed E-state index contributed by atoms with van der Waals surface area (Å²) in [6, 6.07) is 5.80. The third-order valence-corrected chi connectivity index (χ3v) is 3.09. The first-order valence-corrected chi connectivity index (χ1v) is 6.98. The van der Waals surface area contributed by atoms with Crippen molar-refractivity contribution in [3.05, 3.63) is 34.3 Å². The van der Waals surface area contributed by atoms with Crippen LogP contribution in [0.5, 0.6) is 11.5 Å². The SMILES string of the molecule is CCCNCc1cccc(OC)c1OCC(Cl)=CCl. The van der Waals surface area contributed by atoms with E-state index in [0.29, 0.717) is 16.5 Å². The Morgan fingerprint density at radius 3 is 2.84 bits per heavy atom. The maximum atomic E-state index is 5.84. The third kappa shape index (κ3) is 5.31. The summed E-state index contributed by atoms with van der Waals surface area (Å²) in [6.45, 7) is 4.04. The summed E-state index contributed by atoms with van der Waals surface area (Å²) in [7, 11) is 1.62. The van der Waals surface area contributed by atoms with Crippen LogP contribution in [0.1, 0.15) is 18.9 Å². The monoisotopic (exact) mass is 303 g/mol. The summed E-state index contributed by atoms with van der Waals surface area (Å²) in [5.41, 5.74) is 2.33. The lowest BCUT2D eigenvalue weighted by Crippen LogP contribution is -2.15. The first kappa shape index (κ1) is 16.2. The first-order valence-electron chi connectivity index (χ1n) is 6.17. The quantitative estimate of drug-likeness (QED) is 0.739. The minimum atomic E-state index is 0.228. The van der Waals surface area contributed by atoms with Gasteiger partial charge in [-0.15, -0.1) is 0 Å². The fraction of sp³-hybridized carbons (Fsp3) is 0.429. The van der Waals surface area contributed by atoms with Crippen LogP contribution in [0, 0.1) is 0 Å². The molecule has 0 radical (unpaired) electrons. The summed E-state index contributed by atoms with van der Waals surface area (Å²) in [5, 5.41) is 3.78. The second-order valence-electron chi connectivity index (χ2n) is 3.97. The van der Waals surface area contributed by atoms with E-state index in [0.717, 1.165) is 25.1 Å². The number of ether oxygens (including phenoxy) is 2. The zero-order valence-corrected chi connectivity index (χ0v) is 12.7. The Labute approximate surface area is 124 Å². The molecule has 0 aromatic heterocycles. The lowest BCUT2D eigenvalue weighted by Gasteiger charge is -2.15. The van der Waals surface area contributed by atoms with Crippen LogP contribution in [-0.2, 0) is 6.54 Å². The van der Waals surface area contributed by atoms with Gasteiger partial charge in [0.1, 0.15) is 6.61 Å². The fourth-order valence-corrected chi connectivity index (χ4v) is 1.72. The van der Waals surface area contributed by atoms with Crippen molar-refractivity contribution in [2.75, 3.05) is 20.3 Å². The Morgan fingerprint density at radius 2 is 2.21 bits per heavy atom. The molecule has 0 heterocycles. The van der Waals surface area contributed by atoms with Gasteiger partial charge in [0.15, 0.2) is 11.5 Å². The van der Waals surface area contributed by atoms with Gasteiger partial charge in [-0.3, -0.25) is 0 Å². The lowest BCUT2D eigenvalue weighted by atomic mass is 10.2. The van der Waals surface area contributed by atoms with Gasteiger partial charge in [-0.1, -0.05) is 42.3 Å². The van der Waals surface area contributed by atoms with Crippen molar-refractivity contribution >= 4 is 23.2 Å². The third-order valence-electron chi connectivity index (χ3n) is 2.50. The highest BCUT2D eigenvalue weighted by Gasteiger charge is 2.10. The normalized spacial score (nSPS) is 11.5. The number of halogens is 2. The molecular formula is C14H19Cl2NO2. The number of methoxy groups -OCH3 is 1. The predicted molar refractivity (Wildman–Crippen MR) is 80.3 cm³/mol. The van der Waals surface area contributed by atoms with Crippen LogP contribution in [-0.4, -0.2) is 20.3 Å². The van der Waals surface area contributed by atoms with Crippen LogP contribution in [0.2, 0.25) is 0 Å². The molecule has 0 aliphatic heterocycles. The summed E-state index contributed by atoms with van der Waals surface area (Å²) < 4.78 is 11.0. The van der Waals surface area contributed by atoms with Crippen LogP contribution in [0.25, 0.3) is 0 Å². The van der Waals surface area contributed by atoms with Crippen molar-refractivity contribution in [3.63, 3.8) is 0 Å². The first-order chi connectivity index (χ1) is 9.22. The molecule has 0 spiro atoms. The fourth-order valence-electron chi connectivity index (χ4n) is 1.60. The number of benzene rings is 1. The molecule has 1 aromatic carbocycles. The topological polar surface area (TPSA) is 30.5 Å². The van der Waals surface area contributed by atoms with Crippen LogP contribution in [0.15, 0.2) is 28.8 Å². The Balaban J connectivity index is 2.83. The maximum Gasteiger partial charge on any atom is 0.166 e. The molecule has 0 saturated carbocycles. The molecule has 0 unspecified atom stereocenters. The Bertz CT molecular complexity index is 422. The number of hydrogen-bond acceptors (Lipinski definition) is 3. The zero-order chi connectivity index (χ0) is 14.1. The standard InChI is InChI=1S/C14H19Cl2NO2/c1-3-7-17-9-11-5-4-6-13(18-2)14(11)19-10-12(16)8-15/h4-6,8,17H,3,7,9-10H2,1-2H3. The van der Waals surface area contributed by atoms with Crippen molar-refractivity contribution in [1.82, 2.24) is 5.32 Å². The minimum Gasteiger partial charge on any atom is -0.493 e. The minimum absolute atomic E-state index is 0.228. The van der Waals surface area contributed by atoms with E-state index in [9.17, 15) is 0 Å². The summed E-state index contributed by atoms with van der Waals surface area (Å²) >= 11 is 11.4. The molecule has 0 fully saturated rings. The summed E-state index contributed by atoms with van der Waals surface area (Å²) in [5.74, 6) is 1.39. The van der Waals surface area contributed by atoms with E-state index in [-0.39, 0.29) is 6.61 Å². The molecule has 0 atom stereocenters. The predicted octanol–water partition coefficient (Wildman–Crippen LogP) is 3.89. The number of hydrogen-bond donors (Lipinski definition) is 1. The van der Waals surface area contributed by atoms with Crippen molar-refractivity contribution in [1.29, 1.82) is 0 Å². The zero-order valence-electron chi connectivity index (χ0n) is 11.2. The van der Waals surface area contributed by atoms with E-state index in [1.54, 1.807) is 7.11 Å². The Kier molecular flexibility index (Phi) is 7.72. The Morgan fingerprint density at radius 1 is 1.42 bits per heavy atom. The molecule has 3 nitrogen and oxygen atoms in total. The maximum absolute atomic E-state index is 5.84. The average molecular weight is 304 g/mol. The second-order valence-corrected chi connectivity index (χ2v) is 4.67. The molecule has 1 aromatic rings. The van der Waals surface area contributed by atoms with Crippen molar-refractivity contribution in [3.8, 4) is 11.5 Å². The number of rotatable bonds is 8. The molecule has 5 heteroatoms. The largest absolute Gasteiger partial charge is 0.493 e. The number of para-hydroxylation sites is 1. The van der Waals surface area contributed by atoms with Gasteiger partial charge in [0.25, 0.3) is 0 Å². The highest BCUT2D eigenvalue weighted by Crippen LogP contribution is 2.31. The van der Waals surface area contributed by atoms with Crippen LogP contribution >= 0.6 is 23.2 Å². The Hall–Kier alpha value is -0.900. The van der Waals surface area contributed by atoms with Gasteiger partial charge in [0.2, 0.25) is 0 Å². The van der Waals surface area contributed by atoms with Crippen molar-refractivity contribution in [2.24, 2.45) is 0 Å². The van der Waals surface area contributed by atoms with E-state index >= 15 is 0 Å². The smallest absolute Gasteiger partial charge is 0.166 e. The van der Waals surface area contributed by atoms with E-state index in [1.807, 2.05) is 18.2 Å². The molecule has 0 bridgehead atoms. The van der Waals surface area contributed by atoms with Gasteiger partial charge in [0.05, 0.1) is 12.1 Å². The van der Waals surface area contributed by atoms with Crippen molar-refractivity contribution in [2.45, 2.75) is 19.9 Å². The summed E-state index contributed by atoms with van der Waals surface area (Å²) in [4.78, 5) is 0. The van der Waals surface area contributed by atoms with Gasteiger partial charge in [-0.05, 0) is 19.0 Å². The van der Waals surface area contributed by atoms with Gasteiger partial charge >= 0.3 is 0 Å². The van der Waals surface area contributed by atoms with E-state index < -0.39 is 0 Å². The molecule has 19 heavy (non-hydrogen) atoms. The number of nitrogens with one attached hydrogen (secondary N) is 1. The molecule has 106 valence electrons. The average Bonchev–Trinajstić information content (AvgIpc) is 2.45. The van der Waals surface area contributed by atoms with E-state index in [4.69, 9.17) is 32.7 Å². The molecule has 0 amide bonds. The van der Waals surface area contributed by atoms with E-state index in [2.05, 4.69) is 12.2 Å². The van der Waals surface area contributed by atoms with Crippen LogP contribution in [0.3, 0.4) is 0 Å². The van der Waals surface area contributed by atoms with Gasteiger partial charge in [-0.25, -0.2) is 0 Å². The highest BCUT2D eigenvalue weighted by atomic mass is 35.5. The molecule has 0 aliphatic carbocycles. The van der Waals surface area contributed by atoms with Gasteiger partial charge in [0, 0.05) is 17.6 Å². The molecule has 0 aliphatic rings. The van der Waals surface area contributed by atoms with Gasteiger partial charge in [-0.2, -0.15) is 0 Å². The molecular weight excluding hydrogens is 285 g/mol. The van der Waals surface area contributed by atoms with Crippen LogP contribution in [0.4, 0.5) is 0 Å². The summed E-state index contributed by atoms with van der Waals surface area (Å²) in [6.07, 6.45) is 1.08. The molecule has 1 N–H and O–H groups in total. The lowest BCUT2D eigenvalue weighted by molar-refractivity contribution is 0.319. The van der Waals surface area contributed by atoms with Gasteiger partial charge < -0.3 is 14.8 Å².